The molecule has 3 saturated carbocycles. The molecule has 0 amide bonds. The fourth-order valence-corrected chi connectivity index (χ4v) is 7.34. The lowest BCUT2D eigenvalue weighted by Gasteiger charge is -2.55. The summed E-state index contributed by atoms with van der Waals surface area (Å²) < 4.78 is 13.7. The van der Waals surface area contributed by atoms with Crippen molar-refractivity contribution >= 4 is 5.78 Å². The van der Waals surface area contributed by atoms with Gasteiger partial charge in [-0.05, 0) is 73.6 Å². The predicted octanol–water partition coefficient (Wildman–Crippen LogP) is 4.28. The molecule has 30 heavy (non-hydrogen) atoms. The van der Waals surface area contributed by atoms with Crippen molar-refractivity contribution in [2.45, 2.75) is 75.4 Å². The van der Waals surface area contributed by atoms with E-state index >= 15 is 0 Å². The van der Waals surface area contributed by atoms with Crippen molar-refractivity contribution in [1.82, 2.24) is 0 Å². The molecule has 0 bridgehead atoms. The fraction of sp³-hybridized carbons (Fsp3) is 0.577. The van der Waals surface area contributed by atoms with E-state index < -0.39 is 16.6 Å². The molecule has 4 heteroatoms. The number of hydrogen-bond donors (Lipinski definition) is 2. The summed E-state index contributed by atoms with van der Waals surface area (Å²) in [6.07, 6.45) is 10.6. The summed E-state index contributed by atoms with van der Waals surface area (Å²) in [7, 11) is 0. The average molecular weight is 409 g/mol. The van der Waals surface area contributed by atoms with Gasteiger partial charge in [-0.25, -0.2) is 4.39 Å². The van der Waals surface area contributed by atoms with E-state index in [0.29, 0.717) is 32.1 Å². The number of hydrogen-bond acceptors (Lipinski definition) is 3. The third kappa shape index (κ3) is 2.61. The lowest BCUT2D eigenvalue weighted by Crippen LogP contribution is -2.53. The number of rotatable bonds is 1. The smallest absolute Gasteiger partial charge is 0.136 e. The summed E-state index contributed by atoms with van der Waals surface area (Å²) in [4.78, 5) is 12.2. The van der Waals surface area contributed by atoms with Crippen molar-refractivity contribution in [3.8, 4) is 12.3 Å². The van der Waals surface area contributed by atoms with Gasteiger partial charge in [0.25, 0.3) is 0 Å². The lowest BCUT2D eigenvalue weighted by molar-refractivity contribution is -0.126. The van der Waals surface area contributed by atoms with Crippen molar-refractivity contribution in [1.29, 1.82) is 0 Å². The Hall–Kier alpha value is -1.96. The maximum atomic E-state index is 13.7. The molecule has 0 aliphatic heterocycles. The Kier molecular flexibility index (Phi) is 4.34. The molecule has 3 fully saturated rings. The molecule has 3 nitrogen and oxygen atoms in total. The van der Waals surface area contributed by atoms with E-state index in [1.54, 1.807) is 0 Å². The van der Waals surface area contributed by atoms with Crippen LogP contribution in [0.3, 0.4) is 0 Å². The van der Waals surface area contributed by atoms with Gasteiger partial charge < -0.3 is 10.2 Å². The van der Waals surface area contributed by atoms with Crippen LogP contribution in [0.4, 0.5) is 4.39 Å². The highest BCUT2D eigenvalue weighted by Gasteiger charge is 2.63. The Labute approximate surface area is 177 Å². The summed E-state index contributed by atoms with van der Waals surface area (Å²) >= 11 is 0. The first-order valence-corrected chi connectivity index (χ1v) is 11.1. The summed E-state index contributed by atoms with van der Waals surface area (Å²) in [5.41, 5.74) is 0.639. The number of halogens is 1. The van der Waals surface area contributed by atoms with Crippen molar-refractivity contribution in [3.05, 3.63) is 46.8 Å². The third-order valence-corrected chi connectivity index (χ3v) is 8.90. The zero-order chi connectivity index (χ0) is 21.3. The summed E-state index contributed by atoms with van der Waals surface area (Å²) in [6, 6.07) is 6.59. The number of carbonyl (C=O) groups excluding carboxylic acids is 1. The van der Waals surface area contributed by atoms with E-state index in [0.717, 1.165) is 24.0 Å². The first-order chi connectivity index (χ1) is 14.2. The van der Waals surface area contributed by atoms with E-state index in [-0.39, 0.29) is 35.8 Å². The molecule has 1 aromatic carbocycles. The van der Waals surface area contributed by atoms with E-state index in [1.807, 2.05) is 12.1 Å². The van der Waals surface area contributed by atoms with Gasteiger partial charge in [-0.2, -0.15) is 0 Å². The normalized spacial score (nSPS) is 42.9. The van der Waals surface area contributed by atoms with Crippen LogP contribution in [0.5, 0.6) is 0 Å². The minimum atomic E-state index is -1.15. The molecule has 0 heterocycles. The summed E-state index contributed by atoms with van der Waals surface area (Å²) in [5.74, 6) is 3.00. The molecule has 158 valence electrons. The van der Waals surface area contributed by atoms with Crippen LogP contribution in [-0.4, -0.2) is 27.2 Å². The van der Waals surface area contributed by atoms with Crippen LogP contribution >= 0.6 is 0 Å². The van der Waals surface area contributed by atoms with Crippen LogP contribution in [0.25, 0.3) is 0 Å². The second-order valence-electron chi connectivity index (χ2n) is 10.2. The first kappa shape index (κ1) is 20.0. The molecular formula is C26H29FO3. The van der Waals surface area contributed by atoms with Crippen LogP contribution in [0.2, 0.25) is 0 Å². The number of Topliss-reactive ketones (excluding diaryl/α,β-unsaturated/α-hetero) is 1. The topological polar surface area (TPSA) is 57.5 Å². The molecular weight excluding hydrogens is 379 g/mol. The van der Waals surface area contributed by atoms with Crippen molar-refractivity contribution < 1.29 is 19.4 Å². The Morgan fingerprint density at radius 1 is 1.13 bits per heavy atom. The van der Waals surface area contributed by atoms with Gasteiger partial charge in [0.15, 0.2) is 0 Å². The van der Waals surface area contributed by atoms with Gasteiger partial charge in [0, 0.05) is 24.2 Å². The Bertz CT molecular complexity index is 973. The fourth-order valence-electron chi connectivity index (χ4n) is 7.34. The number of ketones is 1. The van der Waals surface area contributed by atoms with Gasteiger partial charge in [0.2, 0.25) is 0 Å². The monoisotopic (exact) mass is 408 g/mol. The van der Waals surface area contributed by atoms with Gasteiger partial charge in [0.05, 0.1) is 5.60 Å². The summed E-state index contributed by atoms with van der Waals surface area (Å²) in [6.45, 7) is 2.12. The molecule has 4 aliphatic carbocycles. The third-order valence-electron chi connectivity index (χ3n) is 8.90. The zero-order valence-corrected chi connectivity index (χ0v) is 17.5. The number of terminal acetylenes is 1. The van der Waals surface area contributed by atoms with Crippen LogP contribution in [0, 0.1) is 35.4 Å². The molecule has 1 aromatic rings. The number of aliphatic hydroxyl groups is 2. The van der Waals surface area contributed by atoms with E-state index in [1.165, 1.54) is 17.7 Å². The van der Waals surface area contributed by atoms with Gasteiger partial charge >= 0.3 is 0 Å². The highest BCUT2D eigenvalue weighted by atomic mass is 19.1. The Balaban J connectivity index is 1.70. The van der Waals surface area contributed by atoms with Crippen LogP contribution in [0.1, 0.15) is 69.8 Å². The van der Waals surface area contributed by atoms with Gasteiger partial charge in [-0.1, -0.05) is 30.6 Å². The molecule has 5 rings (SSSR count). The van der Waals surface area contributed by atoms with Crippen molar-refractivity contribution in [2.24, 2.45) is 17.3 Å². The molecule has 0 unspecified atom stereocenters. The zero-order valence-electron chi connectivity index (χ0n) is 17.5. The van der Waals surface area contributed by atoms with Gasteiger partial charge in [-0.15, -0.1) is 6.42 Å². The number of fused-ring (bicyclic) bond motifs is 4. The largest absolute Gasteiger partial charge is 0.385 e. The number of benzene rings is 1. The van der Waals surface area contributed by atoms with E-state index in [4.69, 9.17) is 6.42 Å². The van der Waals surface area contributed by atoms with Crippen molar-refractivity contribution in [2.75, 3.05) is 0 Å². The number of carbonyl (C=O) groups is 1. The molecule has 2 N–H and O–H groups in total. The quantitative estimate of drug-likeness (QED) is 0.539. The minimum Gasteiger partial charge on any atom is -0.385 e. The van der Waals surface area contributed by atoms with E-state index in [2.05, 4.69) is 12.8 Å². The minimum absolute atomic E-state index is 0.0372. The standard InChI is InChI=1S/C26H29FO3/c1-3-26(30)13-11-21-19-10-12-25(29)14-18(28)8-9-22(25)23(19)20(15-24(21,26)2)16-4-6-17(27)7-5-16/h1,4-7,19-21,29-30H,8-15H2,2H3/t19-,20+,21-,24-,25+,26-/m0/s1. The van der Waals surface area contributed by atoms with Crippen molar-refractivity contribution in [3.63, 3.8) is 0 Å². The number of allylic oxidation sites excluding steroid dienone is 1. The predicted molar refractivity (Wildman–Crippen MR) is 112 cm³/mol. The first-order valence-electron chi connectivity index (χ1n) is 11.1. The van der Waals surface area contributed by atoms with Gasteiger partial charge in [-0.3, -0.25) is 4.79 Å². The molecule has 0 saturated heterocycles. The Morgan fingerprint density at radius 2 is 1.87 bits per heavy atom. The molecule has 0 radical (unpaired) electrons. The van der Waals surface area contributed by atoms with E-state index in [9.17, 15) is 19.4 Å². The van der Waals surface area contributed by atoms with Gasteiger partial charge in [0.1, 0.15) is 17.2 Å². The highest BCUT2D eigenvalue weighted by molar-refractivity contribution is 5.82. The lowest BCUT2D eigenvalue weighted by atomic mass is 9.50. The van der Waals surface area contributed by atoms with Crippen LogP contribution in [0.15, 0.2) is 35.4 Å². The molecule has 0 spiro atoms. The summed E-state index contributed by atoms with van der Waals surface area (Å²) in [5, 5.41) is 22.8. The van der Waals surface area contributed by atoms with Crippen LogP contribution in [-0.2, 0) is 4.79 Å². The maximum absolute atomic E-state index is 13.7. The van der Waals surface area contributed by atoms with Crippen LogP contribution < -0.4 is 0 Å². The Morgan fingerprint density at radius 3 is 2.57 bits per heavy atom. The molecule has 0 aromatic heterocycles. The second-order valence-corrected chi connectivity index (χ2v) is 10.2. The molecule has 4 aliphatic rings. The maximum Gasteiger partial charge on any atom is 0.136 e. The average Bonchev–Trinajstić information content (AvgIpc) is 2.98. The second kappa shape index (κ2) is 6.52. The SMILES string of the molecule is C#C[C@]1(O)CC[C@H]2[C@@H]3CC[C@@]4(O)CC(=O)CCC4=C3[C@@H](c3ccc(F)cc3)C[C@@]21C. The molecule has 6 atom stereocenters. The highest BCUT2D eigenvalue weighted by Crippen LogP contribution is 2.67.